The number of furan rings is 1. The Morgan fingerprint density at radius 2 is 2.40 bits per heavy atom. The molecule has 15 heavy (non-hydrogen) atoms. The van der Waals surface area contributed by atoms with E-state index >= 15 is 0 Å². The average molecular weight is 323 g/mol. The highest BCUT2D eigenvalue weighted by atomic mass is 127. The van der Waals surface area contributed by atoms with E-state index in [1.807, 2.05) is 12.1 Å². The first-order valence-corrected chi connectivity index (χ1v) is 5.82. The van der Waals surface area contributed by atoms with E-state index in [2.05, 4.69) is 32.6 Å². The number of halogens is 1. The van der Waals surface area contributed by atoms with Gasteiger partial charge < -0.3 is 14.5 Å². The number of carbonyl (C=O) groups excluding carboxylic acids is 1. The summed E-state index contributed by atoms with van der Waals surface area (Å²) in [6.07, 6.45) is 1.24. The van der Waals surface area contributed by atoms with Gasteiger partial charge in [-0.2, -0.15) is 0 Å². The van der Waals surface area contributed by atoms with Crippen LogP contribution in [0.4, 0.5) is 0 Å². The van der Waals surface area contributed by atoms with Crippen molar-refractivity contribution in [1.82, 2.24) is 5.32 Å². The third-order valence-corrected chi connectivity index (χ3v) is 2.47. The Labute approximate surface area is 103 Å². The number of ether oxygens (including phenoxy) is 1. The number of hydrogen-bond acceptors (Lipinski definition) is 4. The van der Waals surface area contributed by atoms with Gasteiger partial charge in [0.05, 0.1) is 13.7 Å². The van der Waals surface area contributed by atoms with Crippen molar-refractivity contribution in [3.8, 4) is 0 Å². The second kappa shape index (κ2) is 6.84. The second-order valence-electron chi connectivity index (χ2n) is 3.06. The lowest BCUT2D eigenvalue weighted by molar-refractivity contribution is -0.140. The quantitative estimate of drug-likeness (QED) is 0.494. The predicted octanol–water partition coefficient (Wildman–Crippen LogP) is 1.93. The maximum absolute atomic E-state index is 10.8. The first-order chi connectivity index (χ1) is 7.22. The Morgan fingerprint density at radius 3 is 3.00 bits per heavy atom. The fourth-order valence-electron chi connectivity index (χ4n) is 1.12. The van der Waals surface area contributed by atoms with E-state index in [1.54, 1.807) is 0 Å². The summed E-state index contributed by atoms with van der Waals surface area (Å²) in [7, 11) is 1.40. The molecule has 0 saturated heterocycles. The molecule has 1 aromatic heterocycles. The third kappa shape index (κ3) is 5.17. The minimum absolute atomic E-state index is 0.163. The lowest BCUT2D eigenvalue weighted by Gasteiger charge is -2.01. The van der Waals surface area contributed by atoms with Crippen LogP contribution in [-0.4, -0.2) is 19.6 Å². The number of esters is 1. The molecule has 0 atom stereocenters. The molecule has 1 heterocycles. The summed E-state index contributed by atoms with van der Waals surface area (Å²) in [5, 5.41) is 3.19. The van der Waals surface area contributed by atoms with Crippen molar-refractivity contribution in [1.29, 1.82) is 0 Å². The lowest BCUT2D eigenvalue weighted by Crippen LogP contribution is -2.15. The topological polar surface area (TPSA) is 51.5 Å². The summed E-state index contributed by atoms with van der Waals surface area (Å²) < 4.78 is 10.8. The molecule has 0 fully saturated rings. The first-order valence-electron chi connectivity index (χ1n) is 4.74. The fourth-order valence-corrected chi connectivity index (χ4v) is 1.58. The molecule has 0 spiro atoms. The van der Waals surface area contributed by atoms with Gasteiger partial charge in [0, 0.05) is 6.42 Å². The Morgan fingerprint density at radius 1 is 1.60 bits per heavy atom. The van der Waals surface area contributed by atoms with Gasteiger partial charge >= 0.3 is 5.97 Å². The zero-order chi connectivity index (χ0) is 11.1. The molecule has 0 aliphatic carbocycles. The van der Waals surface area contributed by atoms with E-state index in [-0.39, 0.29) is 5.97 Å². The van der Waals surface area contributed by atoms with Crippen molar-refractivity contribution in [2.24, 2.45) is 0 Å². The second-order valence-corrected chi connectivity index (χ2v) is 4.13. The van der Waals surface area contributed by atoms with Crippen LogP contribution >= 0.6 is 22.6 Å². The van der Waals surface area contributed by atoms with E-state index in [1.165, 1.54) is 7.11 Å². The minimum atomic E-state index is -0.163. The van der Waals surface area contributed by atoms with Crippen LogP contribution in [0.3, 0.4) is 0 Å². The molecule has 4 nitrogen and oxygen atoms in total. The van der Waals surface area contributed by atoms with Crippen molar-refractivity contribution >= 4 is 28.6 Å². The number of methoxy groups -OCH3 is 1. The number of hydrogen-bond donors (Lipinski definition) is 1. The standard InChI is InChI=1S/C10H14INO3/c1-14-10(13)3-2-6-12-7-8-4-5-9(11)15-8/h4-5,12H,2-3,6-7H2,1H3. The molecule has 0 radical (unpaired) electrons. The molecule has 0 aliphatic heterocycles. The van der Waals surface area contributed by atoms with Crippen molar-refractivity contribution < 1.29 is 13.9 Å². The van der Waals surface area contributed by atoms with Gasteiger partial charge in [0.15, 0.2) is 3.77 Å². The first kappa shape index (κ1) is 12.5. The van der Waals surface area contributed by atoms with Gasteiger partial charge in [0.25, 0.3) is 0 Å². The monoisotopic (exact) mass is 323 g/mol. The number of nitrogens with one attached hydrogen (secondary N) is 1. The normalized spacial score (nSPS) is 10.3. The van der Waals surface area contributed by atoms with Crippen molar-refractivity contribution in [2.45, 2.75) is 19.4 Å². The molecule has 0 bridgehead atoms. The Kier molecular flexibility index (Phi) is 5.70. The maximum Gasteiger partial charge on any atom is 0.305 e. The summed E-state index contributed by atoms with van der Waals surface area (Å²) >= 11 is 2.13. The summed E-state index contributed by atoms with van der Waals surface area (Å²) in [5.74, 6) is 0.752. The third-order valence-electron chi connectivity index (χ3n) is 1.89. The molecule has 0 aromatic carbocycles. The molecule has 5 heteroatoms. The van der Waals surface area contributed by atoms with Gasteiger partial charge in [-0.05, 0) is 47.7 Å². The van der Waals surface area contributed by atoms with E-state index in [0.717, 1.165) is 22.5 Å². The lowest BCUT2D eigenvalue weighted by atomic mass is 10.3. The highest BCUT2D eigenvalue weighted by molar-refractivity contribution is 14.1. The van der Waals surface area contributed by atoms with E-state index in [9.17, 15) is 4.79 Å². The Balaban J connectivity index is 2.05. The number of carbonyl (C=O) groups is 1. The fraction of sp³-hybridized carbons (Fsp3) is 0.500. The zero-order valence-corrected chi connectivity index (χ0v) is 10.7. The maximum atomic E-state index is 10.8. The molecular formula is C10H14INO3. The molecule has 1 aromatic rings. The van der Waals surface area contributed by atoms with E-state index < -0.39 is 0 Å². The Hall–Kier alpha value is -0.560. The van der Waals surface area contributed by atoms with Gasteiger partial charge in [-0.25, -0.2) is 0 Å². The Bertz CT molecular complexity index is 311. The highest BCUT2D eigenvalue weighted by Crippen LogP contribution is 2.09. The number of rotatable bonds is 6. The summed E-state index contributed by atoms with van der Waals surface area (Å²) in [5.41, 5.74) is 0. The van der Waals surface area contributed by atoms with Crippen LogP contribution in [0, 0.1) is 3.77 Å². The molecule has 0 unspecified atom stereocenters. The van der Waals surface area contributed by atoms with Gasteiger partial charge in [0.1, 0.15) is 5.76 Å². The molecule has 1 rings (SSSR count). The van der Waals surface area contributed by atoms with Crippen LogP contribution in [0.1, 0.15) is 18.6 Å². The van der Waals surface area contributed by atoms with Crippen LogP contribution < -0.4 is 5.32 Å². The van der Waals surface area contributed by atoms with E-state index in [4.69, 9.17) is 4.42 Å². The van der Waals surface area contributed by atoms with Crippen molar-refractivity contribution in [2.75, 3.05) is 13.7 Å². The van der Waals surface area contributed by atoms with Gasteiger partial charge in [-0.1, -0.05) is 0 Å². The average Bonchev–Trinajstić information content (AvgIpc) is 2.63. The van der Waals surface area contributed by atoms with Crippen molar-refractivity contribution in [3.63, 3.8) is 0 Å². The van der Waals surface area contributed by atoms with E-state index in [0.29, 0.717) is 13.0 Å². The van der Waals surface area contributed by atoms with Crippen molar-refractivity contribution in [3.05, 3.63) is 21.7 Å². The van der Waals surface area contributed by atoms with Crippen LogP contribution in [0.15, 0.2) is 16.5 Å². The molecule has 0 saturated carbocycles. The molecule has 0 aliphatic rings. The van der Waals surface area contributed by atoms with Crippen LogP contribution in [0.25, 0.3) is 0 Å². The summed E-state index contributed by atoms with van der Waals surface area (Å²) in [6, 6.07) is 3.86. The van der Waals surface area contributed by atoms with Crippen LogP contribution in [0.5, 0.6) is 0 Å². The van der Waals surface area contributed by atoms with Gasteiger partial charge in [0.2, 0.25) is 0 Å². The summed E-state index contributed by atoms with van der Waals surface area (Å²) in [4.78, 5) is 10.8. The van der Waals surface area contributed by atoms with Crippen LogP contribution in [0.2, 0.25) is 0 Å². The smallest absolute Gasteiger partial charge is 0.305 e. The zero-order valence-electron chi connectivity index (χ0n) is 8.59. The van der Waals surface area contributed by atoms with Gasteiger partial charge in [-0.15, -0.1) is 0 Å². The highest BCUT2D eigenvalue weighted by Gasteiger charge is 2.00. The largest absolute Gasteiger partial charge is 0.469 e. The molecular weight excluding hydrogens is 309 g/mol. The van der Waals surface area contributed by atoms with Gasteiger partial charge in [-0.3, -0.25) is 4.79 Å². The minimum Gasteiger partial charge on any atom is -0.469 e. The van der Waals surface area contributed by atoms with Crippen LogP contribution in [-0.2, 0) is 16.1 Å². The SMILES string of the molecule is COC(=O)CCCNCc1ccc(I)o1. The molecule has 84 valence electrons. The molecule has 1 N–H and O–H groups in total. The molecule has 0 amide bonds. The summed E-state index contributed by atoms with van der Waals surface area (Å²) in [6.45, 7) is 1.48. The predicted molar refractivity (Wildman–Crippen MR) is 64.4 cm³/mol.